The molecule has 0 amide bonds. The second kappa shape index (κ2) is 6.26. The zero-order chi connectivity index (χ0) is 15.5. The summed E-state index contributed by atoms with van der Waals surface area (Å²) in [5.74, 6) is 1.07. The predicted octanol–water partition coefficient (Wildman–Crippen LogP) is 3.42. The van der Waals surface area contributed by atoms with E-state index in [1.165, 1.54) is 13.2 Å². The lowest BCUT2D eigenvalue weighted by Gasteiger charge is -2.19. The second-order valence-corrected chi connectivity index (χ2v) is 5.89. The van der Waals surface area contributed by atoms with Crippen molar-refractivity contribution in [1.82, 2.24) is 10.3 Å². The van der Waals surface area contributed by atoms with Gasteiger partial charge in [0.1, 0.15) is 0 Å². The molecule has 114 valence electrons. The van der Waals surface area contributed by atoms with Gasteiger partial charge in [-0.3, -0.25) is 0 Å². The van der Waals surface area contributed by atoms with E-state index in [-0.39, 0.29) is 11.3 Å². The highest BCUT2D eigenvalue weighted by molar-refractivity contribution is 5.59. The molecule has 0 saturated carbocycles. The van der Waals surface area contributed by atoms with Gasteiger partial charge in [-0.15, -0.1) is 0 Å². The van der Waals surface area contributed by atoms with Crippen LogP contribution in [0.4, 0.5) is 4.39 Å². The van der Waals surface area contributed by atoms with Crippen molar-refractivity contribution in [3.8, 4) is 17.1 Å². The van der Waals surface area contributed by atoms with Gasteiger partial charge in [0.05, 0.1) is 13.3 Å². The summed E-state index contributed by atoms with van der Waals surface area (Å²) in [6.45, 7) is 7.12. The van der Waals surface area contributed by atoms with Gasteiger partial charge in [0.2, 0.25) is 0 Å². The number of methoxy groups -OCH3 is 1. The molecule has 0 unspecified atom stereocenters. The molecular weight excluding hydrogens is 271 g/mol. The van der Waals surface area contributed by atoms with E-state index >= 15 is 0 Å². The van der Waals surface area contributed by atoms with Gasteiger partial charge in [-0.25, -0.2) is 9.37 Å². The largest absolute Gasteiger partial charge is 0.494 e. The number of hydrogen-bond donors (Lipinski definition) is 1. The van der Waals surface area contributed by atoms with Gasteiger partial charge >= 0.3 is 0 Å². The Labute approximate surface area is 124 Å². The van der Waals surface area contributed by atoms with Crippen molar-refractivity contribution in [2.45, 2.75) is 32.7 Å². The van der Waals surface area contributed by atoms with Crippen LogP contribution in [0.15, 0.2) is 28.8 Å². The van der Waals surface area contributed by atoms with Gasteiger partial charge in [-0.1, -0.05) is 0 Å². The fourth-order valence-corrected chi connectivity index (χ4v) is 1.92. The third-order valence-corrected chi connectivity index (χ3v) is 2.98. The Morgan fingerprint density at radius 3 is 2.76 bits per heavy atom. The maximum Gasteiger partial charge on any atom is 0.196 e. The van der Waals surface area contributed by atoms with Crippen LogP contribution in [0.3, 0.4) is 0 Å². The summed E-state index contributed by atoms with van der Waals surface area (Å²) >= 11 is 0. The van der Waals surface area contributed by atoms with Crippen molar-refractivity contribution >= 4 is 0 Å². The number of rotatable bonds is 5. The van der Waals surface area contributed by atoms with Crippen LogP contribution in [0.5, 0.6) is 5.75 Å². The van der Waals surface area contributed by atoms with Gasteiger partial charge in [0, 0.05) is 24.1 Å². The van der Waals surface area contributed by atoms with Crippen LogP contribution in [-0.4, -0.2) is 24.2 Å². The molecular formula is C16H21FN2O2. The molecule has 0 aliphatic rings. The topological polar surface area (TPSA) is 47.3 Å². The first-order valence-corrected chi connectivity index (χ1v) is 6.93. The first-order valence-electron chi connectivity index (χ1n) is 6.93. The zero-order valence-corrected chi connectivity index (χ0v) is 12.9. The number of halogens is 1. The van der Waals surface area contributed by atoms with Crippen molar-refractivity contribution in [2.24, 2.45) is 0 Å². The minimum atomic E-state index is -0.393. The average molecular weight is 292 g/mol. The van der Waals surface area contributed by atoms with Gasteiger partial charge in [0.15, 0.2) is 23.2 Å². The fraction of sp³-hybridized carbons (Fsp3) is 0.438. The molecule has 1 aromatic heterocycles. The predicted molar refractivity (Wildman–Crippen MR) is 79.9 cm³/mol. The maximum atomic E-state index is 13.4. The van der Waals surface area contributed by atoms with Crippen molar-refractivity contribution in [3.63, 3.8) is 0 Å². The summed E-state index contributed by atoms with van der Waals surface area (Å²) in [5, 5.41) is 3.38. The van der Waals surface area contributed by atoms with E-state index in [4.69, 9.17) is 9.15 Å². The van der Waals surface area contributed by atoms with Crippen molar-refractivity contribution < 1.29 is 13.5 Å². The zero-order valence-electron chi connectivity index (χ0n) is 12.9. The molecule has 1 aromatic carbocycles. The van der Waals surface area contributed by atoms with Crippen LogP contribution < -0.4 is 10.1 Å². The molecule has 0 atom stereocenters. The molecule has 5 heteroatoms. The number of ether oxygens (including phenoxy) is 1. The molecule has 4 nitrogen and oxygen atoms in total. The Bertz CT molecular complexity index is 603. The number of aromatic nitrogens is 1. The first-order chi connectivity index (χ1) is 9.89. The van der Waals surface area contributed by atoms with Crippen LogP contribution in [0, 0.1) is 5.82 Å². The Morgan fingerprint density at radius 1 is 1.33 bits per heavy atom. The molecule has 1 heterocycles. The van der Waals surface area contributed by atoms with Gasteiger partial charge in [-0.05, 0) is 39.0 Å². The molecule has 0 fully saturated rings. The standard InChI is InChI=1S/C16H21FN2O2/c1-16(2,3)19-8-7-15-18-10-14(21-15)11-5-6-12(17)13(9-11)20-4/h5-6,9-10,19H,7-8H2,1-4H3. The normalized spacial score (nSPS) is 11.7. The molecule has 0 aliphatic carbocycles. The van der Waals surface area contributed by atoms with E-state index < -0.39 is 5.82 Å². The quantitative estimate of drug-likeness (QED) is 0.917. The van der Waals surface area contributed by atoms with Crippen molar-refractivity contribution in [1.29, 1.82) is 0 Å². The lowest BCUT2D eigenvalue weighted by molar-refractivity contribution is 0.386. The number of nitrogens with zero attached hydrogens (tertiary/aromatic N) is 1. The lowest BCUT2D eigenvalue weighted by atomic mass is 10.1. The monoisotopic (exact) mass is 292 g/mol. The van der Waals surface area contributed by atoms with Crippen LogP contribution in [0.2, 0.25) is 0 Å². The summed E-state index contributed by atoms with van der Waals surface area (Å²) in [6, 6.07) is 4.61. The summed E-state index contributed by atoms with van der Waals surface area (Å²) in [4.78, 5) is 4.25. The smallest absolute Gasteiger partial charge is 0.196 e. The van der Waals surface area contributed by atoms with Gasteiger partial charge in [0.25, 0.3) is 0 Å². The molecule has 0 bridgehead atoms. The SMILES string of the molecule is COc1cc(-c2cnc(CCNC(C)(C)C)o2)ccc1F. The number of nitrogens with one attached hydrogen (secondary N) is 1. The average Bonchev–Trinajstić information content (AvgIpc) is 2.86. The summed E-state index contributed by atoms with van der Waals surface area (Å²) in [7, 11) is 1.44. The summed E-state index contributed by atoms with van der Waals surface area (Å²) in [6.07, 6.45) is 2.36. The Kier molecular flexibility index (Phi) is 4.63. The Hall–Kier alpha value is -1.88. The van der Waals surface area contributed by atoms with Gasteiger partial charge < -0.3 is 14.5 Å². The van der Waals surface area contributed by atoms with Crippen LogP contribution in [0.25, 0.3) is 11.3 Å². The van der Waals surface area contributed by atoms with E-state index in [1.54, 1.807) is 18.3 Å². The number of benzene rings is 1. The summed E-state index contributed by atoms with van der Waals surface area (Å²) in [5.41, 5.74) is 0.815. The highest BCUT2D eigenvalue weighted by atomic mass is 19.1. The highest BCUT2D eigenvalue weighted by Crippen LogP contribution is 2.26. The van der Waals surface area contributed by atoms with E-state index in [0.717, 1.165) is 12.1 Å². The maximum absolute atomic E-state index is 13.4. The molecule has 0 saturated heterocycles. The molecule has 1 N–H and O–H groups in total. The minimum Gasteiger partial charge on any atom is -0.494 e. The molecule has 0 spiro atoms. The van der Waals surface area contributed by atoms with Gasteiger partial charge in [-0.2, -0.15) is 0 Å². The number of oxazole rings is 1. The molecule has 2 aromatic rings. The van der Waals surface area contributed by atoms with E-state index in [0.29, 0.717) is 18.1 Å². The van der Waals surface area contributed by atoms with E-state index in [9.17, 15) is 4.39 Å². The third-order valence-electron chi connectivity index (χ3n) is 2.98. The highest BCUT2D eigenvalue weighted by Gasteiger charge is 2.12. The van der Waals surface area contributed by atoms with Crippen LogP contribution >= 0.6 is 0 Å². The molecule has 21 heavy (non-hydrogen) atoms. The Balaban J connectivity index is 2.06. The molecule has 0 radical (unpaired) electrons. The third kappa shape index (κ3) is 4.29. The van der Waals surface area contributed by atoms with E-state index in [2.05, 4.69) is 31.1 Å². The van der Waals surface area contributed by atoms with Crippen molar-refractivity contribution in [2.75, 3.05) is 13.7 Å². The van der Waals surface area contributed by atoms with Crippen molar-refractivity contribution in [3.05, 3.63) is 36.1 Å². The Morgan fingerprint density at radius 2 is 2.10 bits per heavy atom. The fourth-order valence-electron chi connectivity index (χ4n) is 1.92. The molecule has 2 rings (SSSR count). The van der Waals surface area contributed by atoms with Crippen LogP contribution in [-0.2, 0) is 6.42 Å². The summed E-state index contributed by atoms with van der Waals surface area (Å²) < 4.78 is 24.1. The molecule has 0 aliphatic heterocycles. The number of hydrogen-bond acceptors (Lipinski definition) is 4. The lowest BCUT2D eigenvalue weighted by Crippen LogP contribution is -2.37. The van der Waals surface area contributed by atoms with E-state index in [1.807, 2.05) is 0 Å². The minimum absolute atomic E-state index is 0.0692. The van der Waals surface area contributed by atoms with Crippen LogP contribution in [0.1, 0.15) is 26.7 Å². The first kappa shape index (κ1) is 15.5. The second-order valence-electron chi connectivity index (χ2n) is 5.89.